The molecule has 2 aromatic rings. The van der Waals surface area contributed by atoms with Gasteiger partial charge in [-0.2, -0.15) is 0 Å². The summed E-state index contributed by atoms with van der Waals surface area (Å²) in [6.45, 7) is 10.4. The van der Waals surface area contributed by atoms with Crippen molar-refractivity contribution < 1.29 is 92.0 Å². The molecule has 0 bridgehead atoms. The number of nitrogens with two attached hydrogens (primary N) is 5. The van der Waals surface area contributed by atoms with Crippen LogP contribution in [-0.2, 0) is 95.9 Å². The largest absolute Gasteiger partial charge is 0.508 e. The molecule has 1 aliphatic heterocycles. The van der Waals surface area contributed by atoms with Crippen molar-refractivity contribution in [2.45, 2.75) is 230 Å². The fourth-order valence-electron chi connectivity index (χ4n) is 11.0. The van der Waals surface area contributed by atoms with Crippen molar-refractivity contribution in [3.8, 4) is 5.75 Å². The minimum atomic E-state index is -1.99. The third-order valence-electron chi connectivity index (χ3n) is 16.5. The number of unbranched alkanes of at least 4 members (excludes halogenated alkanes) is 3. The number of hydrogen-bond acceptors (Lipinski definition) is 20. The van der Waals surface area contributed by atoms with E-state index >= 15 is 4.79 Å². The summed E-state index contributed by atoms with van der Waals surface area (Å²) < 4.78 is 5.47. The van der Waals surface area contributed by atoms with E-state index in [1.165, 1.54) is 48.2 Å². The zero-order valence-corrected chi connectivity index (χ0v) is 58.9. The number of aliphatic carboxylic acids is 2. The molecule has 1 aliphatic rings. The van der Waals surface area contributed by atoms with Crippen molar-refractivity contribution in [3.05, 3.63) is 65.2 Å². The average molecular weight is 1440 g/mol. The molecule has 10 atom stereocenters. The quantitative estimate of drug-likeness (QED) is 0.0242. The molecule has 0 spiro atoms. The van der Waals surface area contributed by atoms with Crippen molar-refractivity contribution >= 4 is 88.8 Å². The molecule has 0 aliphatic carbocycles. The van der Waals surface area contributed by atoms with Crippen LogP contribution in [0.25, 0.3) is 0 Å². The number of ether oxygens (including phenoxy) is 1. The molecule has 0 radical (unpaired) electrons. The molecule has 34 heteroatoms. The van der Waals surface area contributed by atoms with Crippen LogP contribution < -0.4 is 76.5 Å². The Balaban J connectivity index is 2.14. The summed E-state index contributed by atoms with van der Waals surface area (Å²) in [5, 5.41) is 52.9. The first-order valence-corrected chi connectivity index (χ1v) is 34.3. The Kier molecular flexibility index (Phi) is 37.1. The van der Waals surface area contributed by atoms with Gasteiger partial charge in [-0.1, -0.05) is 50.2 Å². The van der Waals surface area contributed by atoms with E-state index in [0.29, 0.717) is 48.9 Å². The third-order valence-corrected chi connectivity index (χ3v) is 16.5. The number of phenols is 1. The SMILES string of the molecule is CC(=O)N1CCC[C@H]1C(=O)N[C@@H](CCC(N)=O)C(=O)N[C@@H](CC(=O)O)C(=O)N[C@@H](CCCCN)C(=O)N[C@@H](CCC(=O)O)C(=O)N[C@@H](Cc1ccc(CC(=O)OC(C)(C)C)cc1)C(=O)N[C@@H](Cc1ccc(O)cc1)C(=O)N[C@@H](CCCCN)C(=O)N[C@H](C(=O)N[C@@H](CCCCN)C(N)=O)C(C)C. The highest BCUT2D eigenvalue weighted by molar-refractivity contribution is 6.00. The second-order valence-corrected chi connectivity index (χ2v) is 26.5. The van der Waals surface area contributed by atoms with E-state index in [1.807, 2.05) is 0 Å². The number of carboxylic acids is 2. The van der Waals surface area contributed by atoms with Crippen molar-refractivity contribution in [1.29, 1.82) is 0 Å². The smallest absolute Gasteiger partial charge is 0.310 e. The van der Waals surface area contributed by atoms with Gasteiger partial charge in [0.25, 0.3) is 0 Å². The Morgan fingerprint density at radius 2 is 0.892 bits per heavy atom. The number of amides is 12. The summed E-state index contributed by atoms with van der Waals surface area (Å²) in [6.07, 6.45) is -1.76. The molecule has 2 aromatic carbocycles. The first-order chi connectivity index (χ1) is 48.1. The fourth-order valence-corrected chi connectivity index (χ4v) is 11.0. The van der Waals surface area contributed by atoms with Gasteiger partial charge in [0.15, 0.2) is 0 Å². The number of aromatic hydroxyl groups is 1. The number of hydrogen-bond donors (Lipinski definition) is 17. The molecule has 22 N–H and O–H groups in total. The maximum Gasteiger partial charge on any atom is 0.310 e. The zero-order valence-electron chi connectivity index (χ0n) is 58.9. The molecule has 0 aromatic heterocycles. The maximum atomic E-state index is 15.1. The number of likely N-dealkylation sites (tertiary alicyclic amines) is 1. The second-order valence-electron chi connectivity index (χ2n) is 26.5. The van der Waals surface area contributed by atoms with Crippen LogP contribution in [0, 0.1) is 5.92 Å². The second kappa shape index (κ2) is 43.7. The van der Waals surface area contributed by atoms with Crippen LogP contribution in [0.2, 0.25) is 0 Å². The summed E-state index contributed by atoms with van der Waals surface area (Å²) in [4.78, 5) is 205. The number of phenolic OH excluding ortho intramolecular Hbond substituents is 1. The van der Waals surface area contributed by atoms with Gasteiger partial charge in [-0.05, 0) is 159 Å². The van der Waals surface area contributed by atoms with Gasteiger partial charge < -0.3 is 101 Å². The van der Waals surface area contributed by atoms with E-state index in [1.54, 1.807) is 46.8 Å². The highest BCUT2D eigenvalue weighted by atomic mass is 16.6. The molecule has 34 nitrogen and oxygen atoms in total. The number of carboxylic acid groups (broad SMARTS) is 2. The van der Waals surface area contributed by atoms with E-state index in [9.17, 15) is 82.4 Å². The predicted octanol–water partition coefficient (Wildman–Crippen LogP) is -2.43. The van der Waals surface area contributed by atoms with Gasteiger partial charge in [0.2, 0.25) is 70.9 Å². The van der Waals surface area contributed by atoms with Gasteiger partial charge in [-0.3, -0.25) is 71.9 Å². The monoisotopic (exact) mass is 1440 g/mol. The Morgan fingerprint density at radius 1 is 0.500 bits per heavy atom. The highest BCUT2D eigenvalue weighted by Gasteiger charge is 2.39. The number of benzene rings is 2. The van der Waals surface area contributed by atoms with E-state index in [4.69, 9.17) is 33.4 Å². The van der Waals surface area contributed by atoms with Crippen LogP contribution >= 0.6 is 0 Å². The number of carbonyl (C=O) groups excluding carboxylic acids is 13. The molecule has 1 saturated heterocycles. The first-order valence-electron chi connectivity index (χ1n) is 34.3. The van der Waals surface area contributed by atoms with Crippen LogP contribution in [0.4, 0.5) is 0 Å². The lowest BCUT2D eigenvalue weighted by molar-refractivity contribution is -0.154. The van der Waals surface area contributed by atoms with E-state index < -0.39 is 199 Å². The minimum absolute atomic E-state index is 0.0433. The molecular formula is C68H105N15O19. The molecule has 0 unspecified atom stereocenters. The summed E-state index contributed by atoms with van der Waals surface area (Å²) in [5.74, 6) is -15.6. The maximum absolute atomic E-state index is 15.1. The van der Waals surface area contributed by atoms with E-state index in [2.05, 4.69) is 47.9 Å². The molecule has 102 heavy (non-hydrogen) atoms. The van der Waals surface area contributed by atoms with E-state index in [0.717, 1.165) is 0 Å². The Morgan fingerprint density at radius 3 is 1.32 bits per heavy atom. The number of nitrogens with zero attached hydrogens (tertiary/aromatic N) is 1. The van der Waals surface area contributed by atoms with Crippen LogP contribution in [0.3, 0.4) is 0 Å². The number of nitrogens with one attached hydrogen (secondary N) is 9. The van der Waals surface area contributed by atoms with Gasteiger partial charge in [-0.15, -0.1) is 0 Å². The van der Waals surface area contributed by atoms with Crippen LogP contribution in [0.5, 0.6) is 5.75 Å². The molecular weight excluding hydrogens is 1330 g/mol. The summed E-state index contributed by atoms with van der Waals surface area (Å²) in [7, 11) is 0. The fraction of sp³-hybridized carbons (Fsp3) is 0.603. The standard InChI is InChI=1S/C68H105N15O19/c1-38(2)57(67(101)74-44(58(73)92)14-7-10-30-69)82-62(96)46(16-9-12-32-71)76-63(97)49(35-41-22-24-43(85)25-23-41)80-64(98)50(34-40-18-20-42(21-19-40)36-56(91)102-68(4,5)6)79-61(95)48(27-29-54(87)88)77-59(93)45(15-8-11-31-70)75-65(99)51(37-55(89)90)81-60(94)47(26-28-53(72)86)78-66(100)52-17-13-33-83(52)39(3)84/h18-25,38,44-52,57,85H,7-17,26-37,69-71H2,1-6H3,(H2,72,86)(H2,73,92)(H,74,101)(H,75,99)(H,76,97)(H,77,93)(H,78,100)(H,79,95)(H,80,98)(H,81,94)(H,82,96)(H,87,88)(H,89,90)/t44-,45-,46-,47-,48-,49-,50-,51-,52-,57-/m0/s1. The number of carbonyl (C=O) groups is 15. The normalized spacial score (nSPS) is 15.4. The summed E-state index contributed by atoms with van der Waals surface area (Å²) in [5.41, 5.74) is 28.6. The van der Waals surface area contributed by atoms with Crippen molar-refractivity contribution in [3.63, 3.8) is 0 Å². The summed E-state index contributed by atoms with van der Waals surface area (Å²) >= 11 is 0. The lowest BCUT2D eigenvalue weighted by Crippen LogP contribution is -2.61. The average Bonchev–Trinajstić information content (AvgIpc) is 1.41. The lowest BCUT2D eigenvalue weighted by Gasteiger charge is -2.29. The van der Waals surface area contributed by atoms with Gasteiger partial charge in [0, 0.05) is 39.2 Å². The van der Waals surface area contributed by atoms with Crippen LogP contribution in [0.15, 0.2) is 48.5 Å². The van der Waals surface area contributed by atoms with E-state index in [-0.39, 0.29) is 83.2 Å². The van der Waals surface area contributed by atoms with Crippen molar-refractivity contribution in [1.82, 2.24) is 52.8 Å². The molecule has 1 fully saturated rings. The molecule has 0 saturated carbocycles. The van der Waals surface area contributed by atoms with Gasteiger partial charge >= 0.3 is 17.9 Å². The van der Waals surface area contributed by atoms with Crippen LogP contribution in [0.1, 0.15) is 161 Å². The summed E-state index contributed by atoms with van der Waals surface area (Å²) in [6, 6.07) is -3.53. The number of esters is 1. The Bertz CT molecular complexity index is 3200. The predicted molar refractivity (Wildman–Crippen MR) is 370 cm³/mol. The molecule has 566 valence electrons. The number of rotatable bonds is 46. The highest BCUT2D eigenvalue weighted by Crippen LogP contribution is 2.20. The first kappa shape index (κ1) is 86.4. The van der Waals surface area contributed by atoms with Crippen molar-refractivity contribution in [2.75, 3.05) is 26.2 Å². The lowest BCUT2D eigenvalue weighted by atomic mass is 9.99. The molecule has 12 amide bonds. The van der Waals surface area contributed by atoms with Gasteiger partial charge in [-0.25, -0.2) is 0 Å². The Labute approximate surface area is 592 Å². The van der Waals surface area contributed by atoms with Crippen LogP contribution in [-0.4, -0.2) is 201 Å². The molecule has 3 rings (SSSR count). The number of primary amides is 2. The third kappa shape index (κ3) is 31.8. The van der Waals surface area contributed by atoms with Gasteiger partial charge in [0.1, 0.15) is 71.8 Å². The minimum Gasteiger partial charge on any atom is -0.508 e. The molecule has 1 heterocycles. The topological polar surface area (TPSA) is 568 Å². The van der Waals surface area contributed by atoms with Crippen molar-refractivity contribution in [2.24, 2.45) is 34.6 Å². The Hall–Kier alpha value is -9.83. The van der Waals surface area contributed by atoms with Gasteiger partial charge in [0.05, 0.1) is 12.8 Å². The zero-order chi connectivity index (χ0) is 76.4.